The van der Waals surface area contributed by atoms with Gasteiger partial charge in [0.1, 0.15) is 5.69 Å². The Morgan fingerprint density at radius 2 is 2.29 bits per heavy atom. The molecule has 3 heterocycles. The molecule has 0 bridgehead atoms. The zero-order chi connectivity index (χ0) is 14.9. The fraction of sp³-hybridized carbons (Fsp3) is 0.733. The molecule has 2 saturated heterocycles. The number of hydrogen-bond donors (Lipinski definition) is 1. The number of amides is 1. The summed E-state index contributed by atoms with van der Waals surface area (Å²) in [5.74, 6) is 0.0714. The van der Waals surface area contributed by atoms with E-state index in [1.807, 2.05) is 4.90 Å². The summed E-state index contributed by atoms with van der Waals surface area (Å²) in [6.07, 6.45) is 4.97. The van der Waals surface area contributed by atoms with E-state index in [1.54, 1.807) is 19.4 Å². The summed E-state index contributed by atoms with van der Waals surface area (Å²) >= 11 is 0. The molecule has 2 fully saturated rings. The zero-order valence-electron chi connectivity index (χ0n) is 12.8. The van der Waals surface area contributed by atoms with Gasteiger partial charge in [0.2, 0.25) is 0 Å². The van der Waals surface area contributed by atoms with Crippen molar-refractivity contribution in [2.75, 3.05) is 40.4 Å². The lowest BCUT2D eigenvalue weighted by Crippen LogP contribution is -2.44. The van der Waals surface area contributed by atoms with Crippen LogP contribution in [0.2, 0.25) is 0 Å². The monoisotopic (exact) mass is 292 g/mol. The van der Waals surface area contributed by atoms with Gasteiger partial charge in [0.25, 0.3) is 5.91 Å². The molecular weight excluding hydrogens is 268 g/mol. The Labute approximate surface area is 125 Å². The van der Waals surface area contributed by atoms with Crippen molar-refractivity contribution in [1.29, 1.82) is 0 Å². The van der Waals surface area contributed by atoms with Crippen molar-refractivity contribution >= 4 is 5.91 Å². The van der Waals surface area contributed by atoms with Crippen molar-refractivity contribution in [2.24, 2.45) is 5.41 Å². The van der Waals surface area contributed by atoms with Crippen molar-refractivity contribution in [3.8, 4) is 0 Å². The highest BCUT2D eigenvalue weighted by Crippen LogP contribution is 2.42. The first-order valence-corrected chi connectivity index (χ1v) is 7.61. The molecule has 0 aliphatic carbocycles. The van der Waals surface area contributed by atoms with Crippen molar-refractivity contribution < 1.29 is 9.53 Å². The van der Waals surface area contributed by atoms with E-state index in [0.717, 1.165) is 39.1 Å². The second kappa shape index (κ2) is 5.77. The molecule has 1 aromatic rings. The molecule has 0 aromatic carbocycles. The summed E-state index contributed by atoms with van der Waals surface area (Å²) in [6.45, 7) is 3.60. The van der Waals surface area contributed by atoms with E-state index in [0.29, 0.717) is 17.2 Å². The fourth-order valence-electron chi connectivity index (χ4n) is 3.85. The van der Waals surface area contributed by atoms with Gasteiger partial charge in [-0.1, -0.05) is 0 Å². The van der Waals surface area contributed by atoms with E-state index in [9.17, 15) is 4.79 Å². The number of methoxy groups -OCH3 is 1. The smallest absolute Gasteiger partial charge is 0.271 e. The largest absolute Gasteiger partial charge is 0.383 e. The first-order chi connectivity index (χ1) is 10.1. The lowest BCUT2D eigenvalue weighted by atomic mass is 9.76. The SMILES string of the molecule is COCC1CC2(CCN(C(=O)c3ccn[nH]3)CC2)CN1C. The van der Waals surface area contributed by atoms with Crippen LogP contribution in [0.3, 0.4) is 0 Å². The number of carbonyl (C=O) groups is 1. The number of likely N-dealkylation sites (tertiary alicyclic amines) is 2. The topological polar surface area (TPSA) is 61.5 Å². The van der Waals surface area contributed by atoms with Crippen molar-refractivity contribution in [1.82, 2.24) is 20.0 Å². The molecule has 0 saturated carbocycles. The molecule has 3 rings (SSSR count). The third kappa shape index (κ3) is 2.82. The summed E-state index contributed by atoms with van der Waals surface area (Å²) in [5, 5.41) is 6.62. The molecule has 116 valence electrons. The number of piperidine rings is 1. The number of aromatic amines is 1. The average molecular weight is 292 g/mol. The highest BCUT2D eigenvalue weighted by molar-refractivity contribution is 5.92. The third-order valence-corrected chi connectivity index (χ3v) is 5.08. The summed E-state index contributed by atoms with van der Waals surface area (Å²) in [6, 6.07) is 2.26. The van der Waals surface area contributed by atoms with Gasteiger partial charge in [0.15, 0.2) is 0 Å². The Bertz CT molecular complexity index is 480. The number of ether oxygens (including phenoxy) is 1. The van der Waals surface area contributed by atoms with Gasteiger partial charge in [-0.05, 0) is 37.8 Å². The molecule has 1 atom stereocenters. The van der Waals surface area contributed by atoms with E-state index >= 15 is 0 Å². The minimum absolute atomic E-state index is 0.0714. The predicted molar refractivity (Wildman–Crippen MR) is 79.1 cm³/mol. The van der Waals surface area contributed by atoms with E-state index in [2.05, 4.69) is 22.1 Å². The number of hydrogen-bond acceptors (Lipinski definition) is 4. The highest BCUT2D eigenvalue weighted by atomic mass is 16.5. The van der Waals surface area contributed by atoms with Crippen LogP contribution in [0, 0.1) is 5.41 Å². The van der Waals surface area contributed by atoms with E-state index in [-0.39, 0.29) is 5.91 Å². The standard InChI is InChI=1S/C15H24N4O2/c1-18-11-15(9-12(18)10-21-2)4-7-19(8-5-15)14(20)13-3-6-16-17-13/h3,6,12H,4-5,7-11H2,1-2H3,(H,16,17). The molecule has 6 nitrogen and oxygen atoms in total. The van der Waals surface area contributed by atoms with Crippen molar-refractivity contribution in [3.63, 3.8) is 0 Å². The van der Waals surface area contributed by atoms with Crippen LogP contribution in [-0.4, -0.2) is 72.3 Å². The molecule has 21 heavy (non-hydrogen) atoms. The summed E-state index contributed by atoms with van der Waals surface area (Å²) in [4.78, 5) is 16.7. The van der Waals surface area contributed by atoms with E-state index < -0.39 is 0 Å². The predicted octanol–water partition coefficient (Wildman–Crippen LogP) is 0.983. The number of nitrogens with one attached hydrogen (secondary N) is 1. The molecule has 1 spiro atoms. The number of aromatic nitrogens is 2. The second-order valence-electron chi connectivity index (χ2n) is 6.49. The van der Waals surface area contributed by atoms with Gasteiger partial charge >= 0.3 is 0 Å². The highest BCUT2D eigenvalue weighted by Gasteiger charge is 2.44. The van der Waals surface area contributed by atoms with Crippen LogP contribution in [0.15, 0.2) is 12.3 Å². The molecule has 1 amide bonds. The van der Waals surface area contributed by atoms with Gasteiger partial charge in [0.05, 0.1) is 6.61 Å². The quantitative estimate of drug-likeness (QED) is 0.902. The molecule has 1 N–H and O–H groups in total. The maximum Gasteiger partial charge on any atom is 0.271 e. The summed E-state index contributed by atoms with van der Waals surface area (Å²) in [7, 11) is 3.95. The lowest BCUT2D eigenvalue weighted by Gasteiger charge is -2.39. The number of H-pyrrole nitrogens is 1. The van der Waals surface area contributed by atoms with Crippen LogP contribution < -0.4 is 0 Å². The van der Waals surface area contributed by atoms with Crippen LogP contribution in [0.1, 0.15) is 29.8 Å². The summed E-state index contributed by atoms with van der Waals surface area (Å²) in [5.41, 5.74) is 0.953. The molecule has 2 aliphatic heterocycles. The van der Waals surface area contributed by atoms with Gasteiger partial charge in [-0.2, -0.15) is 5.10 Å². The molecular formula is C15H24N4O2. The van der Waals surface area contributed by atoms with Gasteiger partial charge < -0.3 is 14.5 Å². The second-order valence-corrected chi connectivity index (χ2v) is 6.49. The molecule has 0 radical (unpaired) electrons. The van der Waals surface area contributed by atoms with Crippen LogP contribution in [0.25, 0.3) is 0 Å². The minimum atomic E-state index is 0.0714. The van der Waals surface area contributed by atoms with Gasteiger partial charge in [-0.3, -0.25) is 9.89 Å². The average Bonchev–Trinajstić information content (AvgIpc) is 3.09. The first-order valence-electron chi connectivity index (χ1n) is 7.61. The Hall–Kier alpha value is -1.40. The van der Waals surface area contributed by atoms with Crippen LogP contribution >= 0.6 is 0 Å². The first kappa shape index (κ1) is 14.5. The normalized spacial score (nSPS) is 25.6. The maximum absolute atomic E-state index is 12.3. The minimum Gasteiger partial charge on any atom is -0.383 e. The molecule has 2 aliphatic rings. The fourth-order valence-corrected chi connectivity index (χ4v) is 3.85. The Balaban J connectivity index is 1.59. The Kier molecular flexibility index (Phi) is 3.99. The Morgan fingerprint density at radius 3 is 2.90 bits per heavy atom. The number of nitrogens with zero attached hydrogens (tertiary/aromatic N) is 3. The van der Waals surface area contributed by atoms with Gasteiger partial charge in [-0.15, -0.1) is 0 Å². The number of rotatable bonds is 3. The molecule has 1 aromatic heterocycles. The Morgan fingerprint density at radius 1 is 1.52 bits per heavy atom. The zero-order valence-corrected chi connectivity index (χ0v) is 12.8. The maximum atomic E-state index is 12.3. The van der Waals surface area contributed by atoms with Crippen LogP contribution in [0.5, 0.6) is 0 Å². The summed E-state index contributed by atoms with van der Waals surface area (Å²) < 4.78 is 5.32. The van der Waals surface area contributed by atoms with Crippen molar-refractivity contribution in [2.45, 2.75) is 25.3 Å². The van der Waals surface area contributed by atoms with E-state index in [4.69, 9.17) is 4.74 Å². The number of likely N-dealkylation sites (N-methyl/N-ethyl adjacent to an activating group) is 1. The van der Waals surface area contributed by atoms with E-state index in [1.165, 1.54) is 6.42 Å². The molecule has 1 unspecified atom stereocenters. The number of carbonyl (C=O) groups excluding carboxylic acids is 1. The van der Waals surface area contributed by atoms with Crippen molar-refractivity contribution in [3.05, 3.63) is 18.0 Å². The third-order valence-electron chi connectivity index (χ3n) is 5.08. The molecule has 6 heteroatoms. The van der Waals surface area contributed by atoms with Crippen LogP contribution in [0.4, 0.5) is 0 Å². The van der Waals surface area contributed by atoms with Gasteiger partial charge in [-0.25, -0.2) is 0 Å². The lowest BCUT2D eigenvalue weighted by molar-refractivity contribution is 0.0586. The van der Waals surface area contributed by atoms with Gasteiger partial charge in [0, 0.05) is 39.0 Å². The van der Waals surface area contributed by atoms with Crippen LogP contribution in [-0.2, 0) is 4.74 Å².